The lowest BCUT2D eigenvalue weighted by atomic mass is 10.1. The summed E-state index contributed by atoms with van der Waals surface area (Å²) in [5.74, 6) is -2.76. The number of carbonyl (C=O) groups is 1. The number of halogens is 2. The molecule has 1 saturated heterocycles. The molecule has 0 spiro atoms. The maximum Gasteiger partial charge on any atom is 0.410 e. The third-order valence-corrected chi connectivity index (χ3v) is 1.99. The molecule has 0 unspecified atom stereocenters. The molecule has 0 aliphatic carbocycles. The molecule has 1 fully saturated rings. The SMILES string of the molecule is CC(C)OC(=O)N1CCCC(F)(F)C1. The highest BCUT2D eigenvalue weighted by atomic mass is 19.3. The first-order valence-corrected chi connectivity index (χ1v) is 4.74. The van der Waals surface area contributed by atoms with E-state index in [1.807, 2.05) is 0 Å². The van der Waals surface area contributed by atoms with Crippen LogP contribution < -0.4 is 0 Å². The average molecular weight is 207 g/mol. The number of ether oxygens (including phenoxy) is 1. The van der Waals surface area contributed by atoms with E-state index in [9.17, 15) is 13.6 Å². The number of alkyl halides is 2. The highest BCUT2D eigenvalue weighted by Crippen LogP contribution is 2.26. The number of hydrogen-bond donors (Lipinski definition) is 0. The summed E-state index contributed by atoms with van der Waals surface area (Å²) in [5, 5.41) is 0. The largest absolute Gasteiger partial charge is 0.447 e. The molecular formula is C9H15F2NO2. The van der Waals surface area contributed by atoms with Gasteiger partial charge in [0.2, 0.25) is 0 Å². The van der Waals surface area contributed by atoms with Crippen LogP contribution >= 0.6 is 0 Å². The van der Waals surface area contributed by atoms with Gasteiger partial charge in [-0.25, -0.2) is 13.6 Å². The van der Waals surface area contributed by atoms with Gasteiger partial charge >= 0.3 is 6.09 Å². The van der Waals surface area contributed by atoms with Crippen molar-refractivity contribution < 1.29 is 18.3 Å². The summed E-state index contributed by atoms with van der Waals surface area (Å²) < 4.78 is 30.6. The molecule has 0 radical (unpaired) electrons. The highest BCUT2D eigenvalue weighted by molar-refractivity contribution is 5.68. The van der Waals surface area contributed by atoms with Crippen molar-refractivity contribution in [1.82, 2.24) is 4.90 Å². The maximum atomic E-state index is 12.9. The van der Waals surface area contributed by atoms with Crippen LogP contribution in [0.3, 0.4) is 0 Å². The maximum absolute atomic E-state index is 12.9. The first-order chi connectivity index (χ1) is 6.41. The third-order valence-electron chi connectivity index (χ3n) is 1.99. The second-order valence-electron chi connectivity index (χ2n) is 3.81. The molecule has 0 saturated carbocycles. The van der Waals surface area contributed by atoms with Crippen molar-refractivity contribution in [3.05, 3.63) is 0 Å². The molecule has 0 aromatic rings. The van der Waals surface area contributed by atoms with Gasteiger partial charge in [0.15, 0.2) is 0 Å². The molecular weight excluding hydrogens is 192 g/mol. The lowest BCUT2D eigenvalue weighted by Crippen LogP contribution is -2.46. The van der Waals surface area contributed by atoms with Crippen molar-refractivity contribution in [2.45, 2.75) is 38.7 Å². The molecule has 1 aliphatic heterocycles. The molecule has 1 amide bonds. The Bertz CT molecular complexity index is 219. The van der Waals surface area contributed by atoms with Crippen LogP contribution in [-0.2, 0) is 4.74 Å². The minimum Gasteiger partial charge on any atom is -0.447 e. The first kappa shape index (κ1) is 11.2. The summed E-state index contributed by atoms with van der Waals surface area (Å²) in [6, 6.07) is 0. The molecule has 1 rings (SSSR count). The molecule has 3 nitrogen and oxygen atoms in total. The molecule has 82 valence electrons. The van der Waals surface area contributed by atoms with Crippen LogP contribution in [0.4, 0.5) is 13.6 Å². The zero-order chi connectivity index (χ0) is 10.8. The fraction of sp³-hybridized carbons (Fsp3) is 0.889. The lowest BCUT2D eigenvalue weighted by Gasteiger charge is -2.32. The fourth-order valence-electron chi connectivity index (χ4n) is 1.40. The van der Waals surface area contributed by atoms with Gasteiger partial charge in [0.05, 0.1) is 12.6 Å². The van der Waals surface area contributed by atoms with Crippen LogP contribution in [0.5, 0.6) is 0 Å². The van der Waals surface area contributed by atoms with Crippen molar-refractivity contribution >= 4 is 6.09 Å². The minimum absolute atomic E-state index is 0.140. The predicted octanol–water partition coefficient (Wildman–Crippen LogP) is 2.26. The van der Waals surface area contributed by atoms with Crippen LogP contribution in [0.25, 0.3) is 0 Å². The van der Waals surface area contributed by atoms with Crippen LogP contribution in [0, 0.1) is 0 Å². The highest BCUT2D eigenvalue weighted by Gasteiger charge is 2.37. The van der Waals surface area contributed by atoms with Crippen LogP contribution in [0.1, 0.15) is 26.7 Å². The molecule has 0 aromatic heterocycles. The van der Waals surface area contributed by atoms with Gasteiger partial charge in [-0.2, -0.15) is 0 Å². The molecule has 0 aromatic carbocycles. The van der Waals surface area contributed by atoms with E-state index >= 15 is 0 Å². The summed E-state index contributed by atoms with van der Waals surface area (Å²) in [5.41, 5.74) is 0. The van der Waals surface area contributed by atoms with Gasteiger partial charge in [0.25, 0.3) is 5.92 Å². The number of hydrogen-bond acceptors (Lipinski definition) is 2. The molecule has 0 N–H and O–H groups in total. The van der Waals surface area contributed by atoms with Crippen molar-refractivity contribution in [3.8, 4) is 0 Å². The molecule has 5 heteroatoms. The van der Waals surface area contributed by atoms with E-state index in [2.05, 4.69) is 0 Å². The third kappa shape index (κ3) is 3.12. The quantitative estimate of drug-likeness (QED) is 0.660. The van der Waals surface area contributed by atoms with Crippen molar-refractivity contribution in [3.63, 3.8) is 0 Å². The Morgan fingerprint density at radius 1 is 1.50 bits per heavy atom. The lowest BCUT2D eigenvalue weighted by molar-refractivity contribution is -0.0628. The van der Waals surface area contributed by atoms with E-state index in [0.717, 1.165) is 4.90 Å². The summed E-state index contributed by atoms with van der Waals surface area (Å²) in [7, 11) is 0. The van der Waals surface area contributed by atoms with Gasteiger partial charge in [-0.15, -0.1) is 0 Å². The number of carbonyl (C=O) groups excluding carboxylic acids is 1. The molecule has 14 heavy (non-hydrogen) atoms. The van der Waals surface area contributed by atoms with E-state index in [1.165, 1.54) is 0 Å². The van der Waals surface area contributed by atoms with Gasteiger partial charge in [-0.1, -0.05) is 0 Å². The van der Waals surface area contributed by atoms with Crippen LogP contribution in [-0.4, -0.2) is 36.1 Å². The number of amides is 1. The van der Waals surface area contributed by atoms with E-state index < -0.39 is 18.6 Å². The Labute approximate surface area is 82.0 Å². The Kier molecular flexibility index (Phi) is 3.29. The Morgan fingerprint density at radius 2 is 2.14 bits per heavy atom. The fourth-order valence-corrected chi connectivity index (χ4v) is 1.40. The number of nitrogens with zero attached hydrogens (tertiary/aromatic N) is 1. The van der Waals surface area contributed by atoms with Gasteiger partial charge in [0, 0.05) is 13.0 Å². The monoisotopic (exact) mass is 207 g/mol. The summed E-state index contributed by atoms with van der Waals surface area (Å²) >= 11 is 0. The zero-order valence-electron chi connectivity index (χ0n) is 8.43. The number of rotatable bonds is 1. The molecule has 0 atom stereocenters. The Balaban J connectivity index is 2.48. The second-order valence-corrected chi connectivity index (χ2v) is 3.81. The van der Waals surface area contributed by atoms with Gasteiger partial charge in [-0.3, -0.25) is 0 Å². The van der Waals surface area contributed by atoms with E-state index in [0.29, 0.717) is 13.0 Å². The van der Waals surface area contributed by atoms with Gasteiger partial charge < -0.3 is 9.64 Å². The van der Waals surface area contributed by atoms with Gasteiger partial charge in [0.1, 0.15) is 0 Å². The van der Waals surface area contributed by atoms with Crippen molar-refractivity contribution in [1.29, 1.82) is 0 Å². The minimum atomic E-state index is -2.76. The summed E-state index contributed by atoms with van der Waals surface area (Å²) in [6.07, 6.45) is -0.712. The van der Waals surface area contributed by atoms with Crippen LogP contribution in [0.2, 0.25) is 0 Å². The molecule has 1 heterocycles. The predicted molar refractivity (Wildman–Crippen MR) is 47.4 cm³/mol. The number of likely N-dealkylation sites (tertiary alicyclic amines) is 1. The first-order valence-electron chi connectivity index (χ1n) is 4.74. The summed E-state index contributed by atoms with van der Waals surface area (Å²) in [6.45, 7) is 3.24. The Hall–Kier alpha value is -0.870. The standard InChI is InChI=1S/C9H15F2NO2/c1-7(2)14-8(13)12-5-3-4-9(10,11)6-12/h7H,3-6H2,1-2H3. The van der Waals surface area contributed by atoms with E-state index in [-0.39, 0.29) is 12.5 Å². The summed E-state index contributed by atoms with van der Waals surface area (Å²) in [4.78, 5) is 12.3. The van der Waals surface area contributed by atoms with Crippen molar-refractivity contribution in [2.75, 3.05) is 13.1 Å². The topological polar surface area (TPSA) is 29.5 Å². The number of piperidine rings is 1. The molecule has 1 aliphatic rings. The molecule has 0 bridgehead atoms. The van der Waals surface area contributed by atoms with E-state index in [1.54, 1.807) is 13.8 Å². The zero-order valence-corrected chi connectivity index (χ0v) is 8.43. The second kappa shape index (κ2) is 4.11. The van der Waals surface area contributed by atoms with Gasteiger partial charge in [-0.05, 0) is 20.3 Å². The van der Waals surface area contributed by atoms with Crippen molar-refractivity contribution in [2.24, 2.45) is 0 Å². The van der Waals surface area contributed by atoms with Crippen LogP contribution in [0.15, 0.2) is 0 Å². The average Bonchev–Trinajstić information content (AvgIpc) is 2.01. The smallest absolute Gasteiger partial charge is 0.410 e. The Morgan fingerprint density at radius 3 is 2.64 bits per heavy atom. The van der Waals surface area contributed by atoms with E-state index in [4.69, 9.17) is 4.74 Å². The normalized spacial score (nSPS) is 21.1.